The van der Waals surface area contributed by atoms with Crippen LogP contribution in [0.3, 0.4) is 0 Å². The van der Waals surface area contributed by atoms with Crippen LogP contribution in [-0.2, 0) is 13.0 Å². The number of imidazole rings is 1. The third-order valence-corrected chi connectivity index (χ3v) is 4.63. The van der Waals surface area contributed by atoms with Gasteiger partial charge in [0.1, 0.15) is 11.6 Å². The van der Waals surface area contributed by atoms with Crippen LogP contribution in [0.5, 0.6) is 0 Å². The van der Waals surface area contributed by atoms with Gasteiger partial charge in [0, 0.05) is 23.1 Å². The molecule has 2 aromatic carbocycles. The first-order valence-electron chi connectivity index (χ1n) is 8.61. The van der Waals surface area contributed by atoms with Crippen LogP contribution in [0.25, 0.3) is 21.9 Å². The Hall–Kier alpha value is -2.66. The Morgan fingerprint density at radius 1 is 1.16 bits per heavy atom. The molecule has 0 radical (unpaired) electrons. The summed E-state index contributed by atoms with van der Waals surface area (Å²) in [4.78, 5) is 11.0. The summed E-state index contributed by atoms with van der Waals surface area (Å²) in [5, 5.41) is 4.79. The molecule has 3 N–H and O–H groups in total. The highest BCUT2D eigenvalue weighted by atomic mass is 19.1. The van der Waals surface area contributed by atoms with E-state index in [0.29, 0.717) is 12.6 Å². The Bertz CT molecular complexity index is 1000. The molecule has 4 aromatic rings. The number of benzene rings is 2. The number of nitrogens with one attached hydrogen (secondary N) is 3. The van der Waals surface area contributed by atoms with E-state index in [1.54, 1.807) is 6.07 Å². The van der Waals surface area contributed by atoms with Gasteiger partial charge in [0.05, 0.1) is 17.6 Å². The second-order valence-electron chi connectivity index (χ2n) is 6.53. The van der Waals surface area contributed by atoms with Crippen LogP contribution in [0.4, 0.5) is 4.39 Å². The van der Waals surface area contributed by atoms with Crippen molar-refractivity contribution < 1.29 is 4.39 Å². The van der Waals surface area contributed by atoms with Crippen LogP contribution in [-0.4, -0.2) is 21.0 Å². The van der Waals surface area contributed by atoms with E-state index in [4.69, 9.17) is 0 Å². The smallest absolute Gasteiger partial charge is 0.125 e. The molecule has 0 saturated heterocycles. The van der Waals surface area contributed by atoms with E-state index in [2.05, 4.69) is 51.6 Å². The molecule has 2 aromatic heterocycles. The lowest BCUT2D eigenvalue weighted by atomic mass is 10.1. The standard InChI is InChI=1S/C20H21FN4/c1-13(6-7-14-11-23-17-5-3-2-4-16(14)17)22-12-20-24-18-9-8-15(21)10-19(18)25-20/h2-5,8-11,13,22-23H,6-7,12H2,1H3,(H,24,25). The van der Waals surface area contributed by atoms with Crippen molar-refractivity contribution in [2.75, 3.05) is 0 Å². The summed E-state index contributed by atoms with van der Waals surface area (Å²) in [5.41, 5.74) is 4.07. The second kappa shape index (κ2) is 6.69. The van der Waals surface area contributed by atoms with Gasteiger partial charge in [0.25, 0.3) is 0 Å². The molecule has 0 aliphatic rings. The van der Waals surface area contributed by atoms with Crippen molar-refractivity contribution in [1.82, 2.24) is 20.3 Å². The summed E-state index contributed by atoms with van der Waals surface area (Å²) in [5.74, 6) is 0.585. The van der Waals surface area contributed by atoms with Crippen molar-refractivity contribution in [2.45, 2.75) is 32.4 Å². The summed E-state index contributed by atoms with van der Waals surface area (Å²) in [6.07, 6.45) is 4.16. The topological polar surface area (TPSA) is 56.5 Å². The largest absolute Gasteiger partial charge is 0.361 e. The molecule has 128 valence electrons. The second-order valence-corrected chi connectivity index (χ2v) is 6.53. The zero-order valence-electron chi connectivity index (χ0n) is 14.1. The highest BCUT2D eigenvalue weighted by molar-refractivity contribution is 5.83. The fourth-order valence-corrected chi connectivity index (χ4v) is 3.20. The van der Waals surface area contributed by atoms with Crippen molar-refractivity contribution >= 4 is 21.9 Å². The summed E-state index contributed by atoms with van der Waals surface area (Å²) in [6.45, 7) is 2.82. The van der Waals surface area contributed by atoms with Gasteiger partial charge in [-0.15, -0.1) is 0 Å². The quantitative estimate of drug-likeness (QED) is 0.492. The molecule has 2 heterocycles. The minimum Gasteiger partial charge on any atom is -0.361 e. The van der Waals surface area contributed by atoms with Gasteiger partial charge in [-0.25, -0.2) is 9.37 Å². The molecule has 0 spiro atoms. The summed E-state index contributed by atoms with van der Waals surface area (Å²) < 4.78 is 13.2. The fourth-order valence-electron chi connectivity index (χ4n) is 3.20. The lowest BCUT2D eigenvalue weighted by molar-refractivity contribution is 0.507. The normalized spacial score (nSPS) is 12.9. The maximum Gasteiger partial charge on any atom is 0.125 e. The van der Waals surface area contributed by atoms with E-state index in [1.165, 1.54) is 28.6 Å². The number of halogens is 1. The van der Waals surface area contributed by atoms with Crippen LogP contribution >= 0.6 is 0 Å². The van der Waals surface area contributed by atoms with Crippen LogP contribution in [0.1, 0.15) is 24.7 Å². The molecular weight excluding hydrogens is 315 g/mol. The molecule has 0 aliphatic carbocycles. The average Bonchev–Trinajstić information content (AvgIpc) is 3.21. The molecule has 4 nitrogen and oxygen atoms in total. The Morgan fingerprint density at radius 3 is 2.96 bits per heavy atom. The number of nitrogens with zero attached hydrogens (tertiary/aromatic N) is 1. The first kappa shape index (κ1) is 15.8. The van der Waals surface area contributed by atoms with Crippen molar-refractivity contribution in [2.24, 2.45) is 0 Å². The number of aromatic nitrogens is 3. The number of aromatic amines is 2. The third-order valence-electron chi connectivity index (χ3n) is 4.63. The van der Waals surface area contributed by atoms with Gasteiger partial charge in [-0.1, -0.05) is 18.2 Å². The van der Waals surface area contributed by atoms with Gasteiger partial charge in [-0.2, -0.15) is 0 Å². The van der Waals surface area contributed by atoms with Crippen LogP contribution < -0.4 is 5.32 Å². The number of aryl methyl sites for hydroxylation is 1. The highest BCUT2D eigenvalue weighted by Crippen LogP contribution is 2.19. The minimum atomic E-state index is -0.247. The highest BCUT2D eigenvalue weighted by Gasteiger charge is 2.08. The molecule has 4 rings (SSSR count). The Kier molecular flexibility index (Phi) is 4.24. The SMILES string of the molecule is CC(CCc1c[nH]c2ccccc12)NCc1nc2ccc(F)cc2[nH]1. The van der Waals surface area contributed by atoms with Crippen LogP contribution in [0.2, 0.25) is 0 Å². The van der Waals surface area contributed by atoms with Gasteiger partial charge in [0.2, 0.25) is 0 Å². The van der Waals surface area contributed by atoms with Crippen molar-refractivity contribution in [3.05, 3.63) is 65.9 Å². The number of hydrogen-bond acceptors (Lipinski definition) is 2. The van der Waals surface area contributed by atoms with Gasteiger partial charge >= 0.3 is 0 Å². The lowest BCUT2D eigenvalue weighted by Gasteiger charge is -2.12. The van der Waals surface area contributed by atoms with Crippen molar-refractivity contribution in [1.29, 1.82) is 0 Å². The van der Waals surface area contributed by atoms with Gasteiger partial charge < -0.3 is 15.3 Å². The minimum absolute atomic E-state index is 0.247. The maximum atomic E-state index is 13.2. The zero-order chi connectivity index (χ0) is 17.2. The molecule has 0 aliphatic heterocycles. The molecule has 0 saturated carbocycles. The third kappa shape index (κ3) is 3.42. The summed E-state index contributed by atoms with van der Waals surface area (Å²) >= 11 is 0. The molecule has 0 bridgehead atoms. The molecular formula is C20H21FN4. The van der Waals surface area contributed by atoms with Gasteiger partial charge in [-0.3, -0.25) is 0 Å². The first-order valence-corrected chi connectivity index (χ1v) is 8.61. The number of rotatable bonds is 6. The van der Waals surface area contributed by atoms with Crippen LogP contribution in [0, 0.1) is 5.82 Å². The number of hydrogen-bond donors (Lipinski definition) is 3. The molecule has 0 fully saturated rings. The van der Waals surface area contributed by atoms with E-state index >= 15 is 0 Å². The van der Waals surface area contributed by atoms with Crippen LogP contribution in [0.15, 0.2) is 48.7 Å². The van der Waals surface area contributed by atoms with Crippen molar-refractivity contribution in [3.63, 3.8) is 0 Å². The molecule has 5 heteroatoms. The fraction of sp³-hybridized carbons (Fsp3) is 0.250. The predicted molar refractivity (Wildman–Crippen MR) is 99.0 cm³/mol. The van der Waals surface area contributed by atoms with Gasteiger partial charge in [0.15, 0.2) is 0 Å². The first-order chi connectivity index (χ1) is 12.2. The maximum absolute atomic E-state index is 13.2. The van der Waals surface area contributed by atoms with Crippen molar-refractivity contribution in [3.8, 4) is 0 Å². The number of para-hydroxylation sites is 1. The predicted octanol–water partition coefficient (Wildman–Crippen LogP) is 4.29. The van der Waals surface area contributed by atoms with E-state index in [0.717, 1.165) is 29.7 Å². The average molecular weight is 336 g/mol. The Labute approximate surface area is 145 Å². The molecule has 0 amide bonds. The summed E-state index contributed by atoms with van der Waals surface area (Å²) in [6, 6.07) is 13.4. The molecule has 1 atom stereocenters. The monoisotopic (exact) mass is 336 g/mol. The summed E-state index contributed by atoms with van der Waals surface area (Å²) in [7, 11) is 0. The van der Waals surface area contributed by atoms with E-state index in [-0.39, 0.29) is 5.82 Å². The Balaban J connectivity index is 1.34. The van der Waals surface area contributed by atoms with E-state index < -0.39 is 0 Å². The van der Waals surface area contributed by atoms with E-state index in [9.17, 15) is 4.39 Å². The van der Waals surface area contributed by atoms with Gasteiger partial charge in [-0.05, 0) is 49.6 Å². The van der Waals surface area contributed by atoms with E-state index in [1.807, 2.05) is 6.07 Å². The zero-order valence-corrected chi connectivity index (χ0v) is 14.1. The lowest BCUT2D eigenvalue weighted by Crippen LogP contribution is -2.26. The molecule has 1 unspecified atom stereocenters. The Morgan fingerprint density at radius 2 is 2.04 bits per heavy atom. The number of H-pyrrole nitrogens is 2. The number of fused-ring (bicyclic) bond motifs is 2. The molecule has 25 heavy (non-hydrogen) atoms.